The zero-order valence-electron chi connectivity index (χ0n) is 18.2. The van der Waals surface area contributed by atoms with Crippen LogP contribution < -0.4 is 4.74 Å². The minimum atomic E-state index is -0.267. The second-order valence-corrected chi connectivity index (χ2v) is 9.37. The van der Waals surface area contributed by atoms with Gasteiger partial charge in [-0.25, -0.2) is 0 Å². The van der Waals surface area contributed by atoms with Gasteiger partial charge in [0.25, 0.3) is 0 Å². The molecule has 0 unspecified atom stereocenters. The summed E-state index contributed by atoms with van der Waals surface area (Å²) in [6, 6.07) is 3.83. The van der Waals surface area contributed by atoms with Crippen LogP contribution in [0.1, 0.15) is 70.4 Å². The van der Waals surface area contributed by atoms with Crippen LogP contribution in [-0.4, -0.2) is 47.6 Å². The zero-order valence-corrected chi connectivity index (χ0v) is 18.2. The van der Waals surface area contributed by atoms with Gasteiger partial charge in [-0.05, 0) is 78.6 Å². The van der Waals surface area contributed by atoms with Crippen molar-refractivity contribution >= 4 is 5.71 Å². The lowest BCUT2D eigenvalue weighted by Crippen LogP contribution is -2.45. The van der Waals surface area contributed by atoms with Crippen LogP contribution in [0.4, 0.5) is 0 Å². The van der Waals surface area contributed by atoms with Crippen LogP contribution in [0.3, 0.4) is 0 Å². The van der Waals surface area contributed by atoms with Crippen molar-refractivity contribution in [1.29, 1.82) is 0 Å². The van der Waals surface area contributed by atoms with Gasteiger partial charge < -0.3 is 14.7 Å². The Balaban J connectivity index is 1.53. The van der Waals surface area contributed by atoms with Gasteiger partial charge in [0.2, 0.25) is 0 Å². The Labute approximate surface area is 174 Å². The molecule has 29 heavy (non-hydrogen) atoms. The largest absolute Gasteiger partial charge is 0.507 e. The molecule has 0 bridgehead atoms. The standard InChI is InChI=1S/C24H34N2O3/c1-16-7-8-20-19(13-16)23-21(27)14-18(15-22(23)29-24(20,3)4)17(2)25-28-12-11-26-9-5-6-10-26/h7,14-15,19-20,27H,5-6,8-13H2,1-4H3/b25-17+/t19-,20-/m0/s1. The molecule has 1 saturated heterocycles. The van der Waals surface area contributed by atoms with E-state index < -0.39 is 0 Å². The molecule has 158 valence electrons. The number of phenolic OH excluding ortho intramolecular Hbond substituents is 1. The molecule has 2 atom stereocenters. The summed E-state index contributed by atoms with van der Waals surface area (Å²) in [5, 5.41) is 15.2. The predicted molar refractivity (Wildman–Crippen MR) is 116 cm³/mol. The fraction of sp³-hybridized carbons (Fsp3) is 0.625. The highest BCUT2D eigenvalue weighted by Crippen LogP contribution is 2.54. The number of allylic oxidation sites excluding steroid dienone is 2. The summed E-state index contributed by atoms with van der Waals surface area (Å²) < 4.78 is 6.40. The van der Waals surface area contributed by atoms with Crippen molar-refractivity contribution in [1.82, 2.24) is 4.90 Å². The maximum atomic E-state index is 10.9. The van der Waals surface area contributed by atoms with E-state index in [0.717, 1.165) is 55.1 Å². The Morgan fingerprint density at radius 1 is 1.31 bits per heavy atom. The molecule has 1 aliphatic carbocycles. The SMILES string of the molecule is CC1=CC[C@H]2[C@H](C1)c1c(O)cc(/C(C)=N/OCCN3CCCC3)cc1OC2(C)C. The van der Waals surface area contributed by atoms with Crippen LogP contribution in [0.2, 0.25) is 0 Å². The Bertz CT molecular complexity index is 822. The van der Waals surface area contributed by atoms with Crippen LogP contribution in [0, 0.1) is 5.92 Å². The number of hydrogen-bond acceptors (Lipinski definition) is 5. The van der Waals surface area contributed by atoms with E-state index in [2.05, 4.69) is 36.9 Å². The lowest BCUT2D eigenvalue weighted by Gasteiger charge is -2.47. The Kier molecular flexibility index (Phi) is 5.60. The first-order valence-electron chi connectivity index (χ1n) is 11.0. The highest BCUT2D eigenvalue weighted by atomic mass is 16.6. The van der Waals surface area contributed by atoms with Crippen LogP contribution in [0.15, 0.2) is 28.9 Å². The fourth-order valence-corrected chi connectivity index (χ4v) is 5.14. The number of aromatic hydroxyl groups is 1. The molecule has 0 aromatic heterocycles. The van der Waals surface area contributed by atoms with E-state index >= 15 is 0 Å². The van der Waals surface area contributed by atoms with Crippen LogP contribution in [0.5, 0.6) is 11.5 Å². The third-order valence-corrected chi connectivity index (χ3v) is 6.82. The van der Waals surface area contributed by atoms with Gasteiger partial charge >= 0.3 is 0 Å². The van der Waals surface area contributed by atoms with Gasteiger partial charge in [-0.1, -0.05) is 16.8 Å². The van der Waals surface area contributed by atoms with Crippen LogP contribution in [-0.2, 0) is 4.84 Å². The van der Waals surface area contributed by atoms with E-state index in [1.807, 2.05) is 19.1 Å². The summed E-state index contributed by atoms with van der Waals surface area (Å²) in [7, 11) is 0. The number of nitrogens with zero attached hydrogens (tertiary/aromatic N) is 2. The third kappa shape index (κ3) is 4.16. The molecule has 0 radical (unpaired) electrons. The average molecular weight is 399 g/mol. The summed E-state index contributed by atoms with van der Waals surface area (Å²) >= 11 is 0. The van der Waals surface area contributed by atoms with E-state index in [0.29, 0.717) is 24.2 Å². The first-order valence-corrected chi connectivity index (χ1v) is 11.0. The van der Waals surface area contributed by atoms with Crippen molar-refractivity contribution in [2.75, 3.05) is 26.2 Å². The van der Waals surface area contributed by atoms with Gasteiger partial charge in [0.15, 0.2) is 0 Å². The maximum Gasteiger partial charge on any atom is 0.129 e. The molecule has 4 rings (SSSR count). The number of likely N-dealkylation sites (tertiary alicyclic amines) is 1. The van der Waals surface area contributed by atoms with Gasteiger partial charge in [-0.3, -0.25) is 4.90 Å². The molecular weight excluding hydrogens is 364 g/mol. The molecule has 0 spiro atoms. The van der Waals surface area contributed by atoms with Crippen molar-refractivity contribution < 1.29 is 14.7 Å². The van der Waals surface area contributed by atoms with Crippen molar-refractivity contribution in [3.63, 3.8) is 0 Å². The molecule has 5 heteroatoms. The summed E-state index contributed by atoms with van der Waals surface area (Å²) in [6.07, 6.45) is 6.85. The normalized spacial score (nSPS) is 26.3. The van der Waals surface area contributed by atoms with Gasteiger partial charge in [-0.2, -0.15) is 0 Å². The van der Waals surface area contributed by atoms with Crippen LogP contribution in [0.25, 0.3) is 0 Å². The van der Waals surface area contributed by atoms with Crippen molar-refractivity contribution in [2.24, 2.45) is 11.1 Å². The van der Waals surface area contributed by atoms with Gasteiger partial charge in [0.05, 0.1) is 5.71 Å². The van der Waals surface area contributed by atoms with Crippen LogP contribution >= 0.6 is 0 Å². The first-order chi connectivity index (χ1) is 13.8. The second-order valence-electron chi connectivity index (χ2n) is 9.37. The Morgan fingerprint density at radius 3 is 2.83 bits per heavy atom. The molecule has 3 aliphatic rings. The van der Waals surface area contributed by atoms with Crippen molar-refractivity contribution in [2.45, 2.75) is 64.9 Å². The number of fused-ring (bicyclic) bond motifs is 3. The Hall–Kier alpha value is -2.01. The zero-order chi connectivity index (χ0) is 20.6. The predicted octanol–water partition coefficient (Wildman–Crippen LogP) is 4.84. The number of hydrogen-bond donors (Lipinski definition) is 1. The molecule has 5 nitrogen and oxygen atoms in total. The highest BCUT2D eigenvalue weighted by molar-refractivity contribution is 5.99. The summed E-state index contributed by atoms with van der Waals surface area (Å²) in [6.45, 7) is 12.2. The summed E-state index contributed by atoms with van der Waals surface area (Å²) in [5.74, 6) is 1.76. The monoisotopic (exact) mass is 398 g/mol. The van der Waals surface area contributed by atoms with Gasteiger partial charge in [0, 0.05) is 29.5 Å². The first kappa shape index (κ1) is 20.3. The number of rotatable bonds is 5. The van der Waals surface area contributed by atoms with E-state index in [1.54, 1.807) is 0 Å². The van der Waals surface area contributed by atoms with E-state index in [9.17, 15) is 5.11 Å². The molecule has 2 heterocycles. The topological polar surface area (TPSA) is 54.3 Å². The lowest BCUT2D eigenvalue weighted by molar-refractivity contribution is 0.00760. The molecular formula is C24H34N2O3. The number of oxime groups is 1. The quantitative estimate of drug-likeness (QED) is 0.334. The van der Waals surface area contributed by atoms with Crippen molar-refractivity contribution in [3.8, 4) is 11.5 Å². The number of ether oxygens (including phenoxy) is 1. The summed E-state index contributed by atoms with van der Waals surface area (Å²) in [4.78, 5) is 7.96. The minimum Gasteiger partial charge on any atom is -0.507 e. The molecule has 1 aromatic rings. The fourth-order valence-electron chi connectivity index (χ4n) is 5.14. The van der Waals surface area contributed by atoms with E-state index in [1.165, 1.54) is 18.4 Å². The molecule has 2 aliphatic heterocycles. The molecule has 1 N–H and O–H groups in total. The molecule has 0 amide bonds. The number of benzene rings is 1. The minimum absolute atomic E-state index is 0.267. The molecule has 0 saturated carbocycles. The average Bonchev–Trinajstić information content (AvgIpc) is 3.17. The van der Waals surface area contributed by atoms with Gasteiger partial charge in [0.1, 0.15) is 23.7 Å². The molecule has 1 fully saturated rings. The Morgan fingerprint density at radius 2 is 2.07 bits per heavy atom. The maximum absolute atomic E-state index is 10.9. The lowest BCUT2D eigenvalue weighted by atomic mass is 9.67. The number of phenols is 1. The van der Waals surface area contributed by atoms with E-state index in [4.69, 9.17) is 9.57 Å². The van der Waals surface area contributed by atoms with Crippen molar-refractivity contribution in [3.05, 3.63) is 34.9 Å². The summed E-state index contributed by atoms with van der Waals surface area (Å²) in [5.41, 5.74) is 3.68. The third-order valence-electron chi connectivity index (χ3n) is 6.82. The highest BCUT2D eigenvalue weighted by Gasteiger charge is 2.45. The van der Waals surface area contributed by atoms with E-state index in [-0.39, 0.29) is 5.60 Å². The smallest absolute Gasteiger partial charge is 0.129 e. The van der Waals surface area contributed by atoms with Gasteiger partial charge in [-0.15, -0.1) is 0 Å². The second kappa shape index (κ2) is 8.02. The molecule has 1 aromatic carbocycles.